The number of nitrogens with one attached hydrogen (secondary N) is 1. The van der Waals surface area contributed by atoms with Crippen molar-refractivity contribution < 1.29 is 28.5 Å². The molecule has 0 fully saturated rings. The molecule has 1 aliphatic rings. The summed E-state index contributed by atoms with van der Waals surface area (Å²) in [6, 6.07) is 10.5. The molecule has 3 N–H and O–H groups in total. The number of rotatable bonds is 10. The molecule has 3 rings (SSSR count). The first kappa shape index (κ1) is 23.9. The van der Waals surface area contributed by atoms with Crippen LogP contribution in [0.1, 0.15) is 37.0 Å². The van der Waals surface area contributed by atoms with Gasteiger partial charge in [-0.3, -0.25) is 0 Å². The first-order valence-electron chi connectivity index (χ1n) is 10.7. The maximum atomic E-state index is 14.0. The van der Waals surface area contributed by atoms with Gasteiger partial charge in [-0.05, 0) is 73.9 Å². The summed E-state index contributed by atoms with van der Waals surface area (Å²) in [6.07, 6.45) is 4.05. The summed E-state index contributed by atoms with van der Waals surface area (Å²) in [5.74, 6) is -3.39. The zero-order valence-corrected chi connectivity index (χ0v) is 18.3. The highest BCUT2D eigenvalue weighted by molar-refractivity contribution is 5.85. The molecular weight excluding hydrogens is 416 g/mol. The Bertz CT molecular complexity index is 965. The number of carboxylic acid groups (broad SMARTS) is 1. The van der Waals surface area contributed by atoms with Crippen LogP contribution in [0, 0.1) is 17.6 Å². The first-order valence-corrected chi connectivity index (χ1v) is 10.7. The van der Waals surface area contributed by atoms with Gasteiger partial charge in [0.2, 0.25) is 5.82 Å². The van der Waals surface area contributed by atoms with E-state index in [1.54, 1.807) is 0 Å². The Balaban J connectivity index is 1.49. The van der Waals surface area contributed by atoms with E-state index in [0.717, 1.165) is 37.5 Å². The van der Waals surface area contributed by atoms with Crippen LogP contribution in [0.2, 0.25) is 0 Å². The number of halogens is 2. The number of hydrogen-bond donors (Lipinski definition) is 3. The van der Waals surface area contributed by atoms with E-state index >= 15 is 0 Å². The molecule has 0 saturated carbocycles. The van der Waals surface area contributed by atoms with E-state index in [4.69, 9.17) is 9.84 Å². The van der Waals surface area contributed by atoms with Crippen molar-refractivity contribution in [3.05, 3.63) is 70.8 Å². The normalized spacial score (nSPS) is 15.2. The molecule has 1 atom stereocenters. The van der Waals surface area contributed by atoms with E-state index in [9.17, 15) is 18.7 Å². The summed E-state index contributed by atoms with van der Waals surface area (Å²) in [5.41, 5.74) is 2.73. The Kier molecular flexibility index (Phi) is 7.64. The number of β-amino-alcohol motifs (C(OH)–C–C–N with tert-alkyl or cyclic N) is 1. The Morgan fingerprint density at radius 2 is 1.91 bits per heavy atom. The fourth-order valence-corrected chi connectivity index (χ4v) is 4.18. The molecule has 0 saturated heterocycles. The maximum Gasteiger partial charge on any atom is 0.328 e. The molecule has 2 aromatic rings. The summed E-state index contributed by atoms with van der Waals surface area (Å²) in [7, 11) is 0. The number of aliphatic carboxylic acids is 1. The number of hydrogen-bond acceptors (Lipinski definition) is 4. The zero-order valence-electron chi connectivity index (χ0n) is 18.3. The fourth-order valence-electron chi connectivity index (χ4n) is 4.18. The minimum absolute atomic E-state index is 0.146. The Morgan fingerprint density at radius 3 is 2.53 bits per heavy atom. The van der Waals surface area contributed by atoms with Crippen LogP contribution in [0.15, 0.2) is 42.5 Å². The summed E-state index contributed by atoms with van der Waals surface area (Å²) in [5, 5.41) is 22.3. The molecule has 0 aromatic heterocycles. The van der Waals surface area contributed by atoms with Crippen LogP contribution in [-0.2, 0) is 17.6 Å². The standard InChI is InChI=1S/C25H29F2NO4/c1-25(2,13-17-9-18-5-3-4-6-19(18)10-17)28-14-20(29)15-32-22-12-16(7-8-23(30)31)11-21(26)24(22)27/h3-8,11-12,17,20,28-29H,9-10,13-15H2,1-2H3,(H,30,31)/b8-7+/t20-/m0/s1. The van der Waals surface area contributed by atoms with E-state index in [2.05, 4.69) is 43.4 Å². The molecule has 0 bridgehead atoms. The lowest BCUT2D eigenvalue weighted by Crippen LogP contribution is -2.46. The van der Waals surface area contributed by atoms with Gasteiger partial charge in [0.25, 0.3) is 0 Å². The predicted molar refractivity (Wildman–Crippen MR) is 119 cm³/mol. The van der Waals surface area contributed by atoms with Gasteiger partial charge >= 0.3 is 5.97 Å². The zero-order chi connectivity index (χ0) is 23.3. The fraction of sp³-hybridized carbons (Fsp3) is 0.400. The van der Waals surface area contributed by atoms with Crippen LogP contribution in [0.4, 0.5) is 8.78 Å². The van der Waals surface area contributed by atoms with Crippen molar-refractivity contribution in [2.45, 2.75) is 44.8 Å². The number of ether oxygens (including phenoxy) is 1. The third-order valence-corrected chi connectivity index (χ3v) is 5.62. The van der Waals surface area contributed by atoms with Gasteiger partial charge in [-0.15, -0.1) is 0 Å². The van der Waals surface area contributed by atoms with Crippen molar-refractivity contribution in [1.29, 1.82) is 0 Å². The molecule has 1 aliphatic carbocycles. The summed E-state index contributed by atoms with van der Waals surface area (Å²) in [4.78, 5) is 10.6. The highest BCUT2D eigenvalue weighted by Gasteiger charge is 2.28. The molecule has 32 heavy (non-hydrogen) atoms. The molecule has 0 spiro atoms. The van der Waals surface area contributed by atoms with Gasteiger partial charge in [-0.2, -0.15) is 4.39 Å². The minimum Gasteiger partial charge on any atom is -0.488 e. The topological polar surface area (TPSA) is 78.8 Å². The SMILES string of the molecule is CC(C)(CC1Cc2ccccc2C1)NC[C@H](O)COc1cc(/C=C/C(=O)O)cc(F)c1F. The second-order valence-electron chi connectivity index (χ2n) is 8.96. The molecular formula is C25H29F2NO4. The van der Waals surface area contributed by atoms with Crippen molar-refractivity contribution in [2.24, 2.45) is 5.92 Å². The van der Waals surface area contributed by atoms with Gasteiger partial charge in [-0.25, -0.2) is 9.18 Å². The quantitative estimate of drug-likeness (QED) is 0.482. The van der Waals surface area contributed by atoms with E-state index in [-0.39, 0.29) is 30.0 Å². The molecule has 2 aromatic carbocycles. The largest absolute Gasteiger partial charge is 0.488 e. The molecule has 7 heteroatoms. The van der Waals surface area contributed by atoms with Gasteiger partial charge in [0.1, 0.15) is 12.7 Å². The van der Waals surface area contributed by atoms with E-state index in [0.29, 0.717) is 5.92 Å². The molecule has 0 radical (unpaired) electrons. The predicted octanol–water partition coefficient (Wildman–Crippen LogP) is 3.98. The number of carboxylic acids is 1. The molecule has 172 valence electrons. The number of aliphatic hydroxyl groups is 1. The Labute approximate surface area is 186 Å². The van der Waals surface area contributed by atoms with Crippen molar-refractivity contribution in [3.8, 4) is 5.75 Å². The van der Waals surface area contributed by atoms with E-state index in [1.165, 1.54) is 17.2 Å². The van der Waals surface area contributed by atoms with Crippen molar-refractivity contribution in [3.63, 3.8) is 0 Å². The summed E-state index contributed by atoms with van der Waals surface area (Å²) < 4.78 is 33.1. The number of aliphatic hydroxyl groups excluding tert-OH is 1. The van der Waals surface area contributed by atoms with Crippen LogP contribution in [0.3, 0.4) is 0 Å². The molecule has 5 nitrogen and oxygen atoms in total. The lowest BCUT2D eigenvalue weighted by atomic mass is 9.88. The highest BCUT2D eigenvalue weighted by Crippen LogP contribution is 2.32. The minimum atomic E-state index is -1.21. The second kappa shape index (κ2) is 10.2. The lowest BCUT2D eigenvalue weighted by molar-refractivity contribution is -0.131. The average Bonchev–Trinajstić information content (AvgIpc) is 3.13. The van der Waals surface area contributed by atoms with Crippen LogP contribution in [0.5, 0.6) is 5.75 Å². The Hall–Kier alpha value is -2.77. The smallest absolute Gasteiger partial charge is 0.328 e. The molecule has 0 amide bonds. The number of carbonyl (C=O) groups is 1. The molecule has 0 aliphatic heterocycles. The average molecular weight is 446 g/mol. The number of benzene rings is 2. The highest BCUT2D eigenvalue weighted by atomic mass is 19.2. The third-order valence-electron chi connectivity index (χ3n) is 5.62. The van der Waals surface area contributed by atoms with Gasteiger partial charge in [0.15, 0.2) is 11.6 Å². The van der Waals surface area contributed by atoms with Crippen molar-refractivity contribution in [2.75, 3.05) is 13.2 Å². The molecule has 0 heterocycles. The van der Waals surface area contributed by atoms with Crippen molar-refractivity contribution >= 4 is 12.0 Å². The monoisotopic (exact) mass is 445 g/mol. The van der Waals surface area contributed by atoms with Crippen LogP contribution in [-0.4, -0.2) is 41.0 Å². The summed E-state index contributed by atoms with van der Waals surface area (Å²) in [6.45, 7) is 4.16. The van der Waals surface area contributed by atoms with Crippen LogP contribution in [0.25, 0.3) is 6.08 Å². The van der Waals surface area contributed by atoms with Crippen LogP contribution >= 0.6 is 0 Å². The van der Waals surface area contributed by atoms with E-state index < -0.39 is 23.7 Å². The van der Waals surface area contributed by atoms with Gasteiger partial charge in [0, 0.05) is 18.2 Å². The maximum absolute atomic E-state index is 14.0. The lowest BCUT2D eigenvalue weighted by Gasteiger charge is -2.30. The second-order valence-corrected chi connectivity index (χ2v) is 8.96. The van der Waals surface area contributed by atoms with Gasteiger partial charge in [-0.1, -0.05) is 24.3 Å². The van der Waals surface area contributed by atoms with Crippen LogP contribution < -0.4 is 10.1 Å². The van der Waals surface area contributed by atoms with Crippen molar-refractivity contribution in [1.82, 2.24) is 5.32 Å². The van der Waals surface area contributed by atoms with Gasteiger partial charge < -0.3 is 20.3 Å². The van der Waals surface area contributed by atoms with Gasteiger partial charge in [0.05, 0.1) is 0 Å². The summed E-state index contributed by atoms with van der Waals surface area (Å²) >= 11 is 0. The first-order chi connectivity index (χ1) is 15.1. The molecule has 0 unspecified atom stereocenters. The third kappa shape index (κ3) is 6.61. The van der Waals surface area contributed by atoms with E-state index in [1.807, 2.05) is 0 Å². The Morgan fingerprint density at radius 1 is 1.25 bits per heavy atom. The number of fused-ring (bicyclic) bond motifs is 1.